The molecule has 2 aromatic heterocycles. The van der Waals surface area contributed by atoms with Gasteiger partial charge in [0.2, 0.25) is 5.88 Å². The molecular weight excluding hydrogens is 252 g/mol. The van der Waals surface area contributed by atoms with Crippen molar-refractivity contribution in [3.05, 3.63) is 24.2 Å². The molecule has 2 N–H and O–H groups in total. The van der Waals surface area contributed by atoms with Crippen LogP contribution in [0.1, 0.15) is 25.6 Å². The third-order valence-electron chi connectivity index (χ3n) is 3.02. The van der Waals surface area contributed by atoms with E-state index in [1.807, 2.05) is 10.6 Å². The van der Waals surface area contributed by atoms with E-state index in [2.05, 4.69) is 29.7 Å². The van der Waals surface area contributed by atoms with E-state index in [1.165, 1.54) is 0 Å². The van der Waals surface area contributed by atoms with Crippen molar-refractivity contribution in [2.75, 3.05) is 12.8 Å². The molecule has 104 valence electrons. The van der Waals surface area contributed by atoms with Gasteiger partial charge in [-0.1, -0.05) is 19.8 Å². The quantitative estimate of drug-likeness (QED) is 0.866. The van der Waals surface area contributed by atoms with Gasteiger partial charge in [0.25, 0.3) is 0 Å². The zero-order chi connectivity index (χ0) is 14.7. The summed E-state index contributed by atoms with van der Waals surface area (Å²) in [7, 11) is 1.58. The molecule has 0 aliphatic rings. The van der Waals surface area contributed by atoms with Crippen LogP contribution in [0, 0.1) is 12.3 Å². The number of hydrogen-bond donors (Lipinski definition) is 1. The topological polar surface area (TPSA) is 66.0 Å². The van der Waals surface area contributed by atoms with E-state index in [1.54, 1.807) is 19.4 Å². The Morgan fingerprint density at radius 2 is 2.20 bits per heavy atom. The second-order valence-corrected chi connectivity index (χ2v) is 4.74. The lowest BCUT2D eigenvalue weighted by molar-refractivity contribution is 0.398. The van der Waals surface area contributed by atoms with Gasteiger partial charge in [-0.25, -0.2) is 9.97 Å². The van der Waals surface area contributed by atoms with Gasteiger partial charge in [0.05, 0.1) is 13.7 Å². The van der Waals surface area contributed by atoms with E-state index in [-0.39, 0.29) is 5.92 Å². The highest BCUT2D eigenvalue weighted by Gasteiger charge is 2.18. The van der Waals surface area contributed by atoms with E-state index in [4.69, 9.17) is 16.9 Å². The number of ether oxygens (including phenoxy) is 1. The summed E-state index contributed by atoms with van der Waals surface area (Å²) in [5.41, 5.74) is 7.73. The highest BCUT2D eigenvalue weighted by molar-refractivity contribution is 5.70. The lowest BCUT2D eigenvalue weighted by Gasteiger charge is -2.08. The number of aromatic nitrogens is 3. The van der Waals surface area contributed by atoms with Gasteiger partial charge >= 0.3 is 0 Å². The number of rotatable bonds is 4. The minimum absolute atomic E-state index is 0.241. The average molecular weight is 270 g/mol. The molecule has 0 aliphatic carbocycles. The number of methoxy groups -OCH3 is 1. The minimum Gasteiger partial charge on any atom is -0.481 e. The Hall–Kier alpha value is -2.48. The molecule has 0 amide bonds. The normalized spacial score (nSPS) is 10.6. The maximum Gasteiger partial charge on any atom is 0.212 e. The number of anilines is 1. The molecule has 0 aliphatic heterocycles. The maximum absolute atomic E-state index is 6.18. The number of nitrogens with two attached hydrogens (primary N) is 1. The second kappa shape index (κ2) is 5.66. The van der Waals surface area contributed by atoms with Gasteiger partial charge in [-0.05, 0) is 6.07 Å². The number of imidazole rings is 1. The zero-order valence-corrected chi connectivity index (χ0v) is 11.9. The van der Waals surface area contributed by atoms with Crippen molar-refractivity contribution in [1.29, 1.82) is 0 Å². The first-order valence-corrected chi connectivity index (χ1v) is 6.38. The average Bonchev–Trinajstić information content (AvgIpc) is 2.77. The Bertz CT molecular complexity index is 635. The molecule has 0 atom stereocenters. The minimum atomic E-state index is 0.241. The van der Waals surface area contributed by atoms with E-state index in [9.17, 15) is 0 Å². The molecule has 2 aromatic rings. The summed E-state index contributed by atoms with van der Waals surface area (Å²) in [4.78, 5) is 8.79. The summed E-state index contributed by atoms with van der Waals surface area (Å²) < 4.78 is 6.91. The number of hydrogen-bond acceptors (Lipinski definition) is 4. The second-order valence-electron chi connectivity index (χ2n) is 4.74. The van der Waals surface area contributed by atoms with Crippen molar-refractivity contribution in [2.24, 2.45) is 0 Å². The van der Waals surface area contributed by atoms with Gasteiger partial charge < -0.3 is 15.0 Å². The van der Waals surface area contributed by atoms with Crippen LogP contribution >= 0.6 is 0 Å². The van der Waals surface area contributed by atoms with Crippen LogP contribution in [0.15, 0.2) is 18.3 Å². The molecule has 5 heteroatoms. The molecule has 0 fully saturated rings. The van der Waals surface area contributed by atoms with Crippen LogP contribution in [-0.2, 0) is 6.54 Å². The Labute approximate surface area is 118 Å². The van der Waals surface area contributed by atoms with E-state index < -0.39 is 0 Å². The number of nitrogen functional groups attached to an aromatic ring is 1. The molecule has 20 heavy (non-hydrogen) atoms. The molecule has 0 saturated carbocycles. The molecule has 2 rings (SSSR count). The highest BCUT2D eigenvalue weighted by Crippen LogP contribution is 2.29. The molecule has 0 bridgehead atoms. The van der Waals surface area contributed by atoms with Crippen LogP contribution < -0.4 is 10.5 Å². The summed E-state index contributed by atoms with van der Waals surface area (Å²) in [6.07, 6.45) is 7.10. The highest BCUT2D eigenvalue weighted by atomic mass is 16.5. The van der Waals surface area contributed by atoms with Crippen LogP contribution in [0.2, 0.25) is 0 Å². The molecule has 0 aromatic carbocycles. The summed E-state index contributed by atoms with van der Waals surface area (Å²) >= 11 is 0. The molecule has 5 nitrogen and oxygen atoms in total. The number of terminal acetylenes is 1. The van der Waals surface area contributed by atoms with Gasteiger partial charge in [0.1, 0.15) is 17.3 Å². The predicted molar refractivity (Wildman–Crippen MR) is 79.3 cm³/mol. The Morgan fingerprint density at radius 3 is 2.70 bits per heavy atom. The molecular formula is C15H18N4O. The molecule has 2 heterocycles. The van der Waals surface area contributed by atoms with E-state index in [0.29, 0.717) is 23.9 Å². The summed E-state index contributed by atoms with van der Waals surface area (Å²) in [6, 6.07) is 3.67. The fraction of sp³-hybridized carbons (Fsp3) is 0.333. The summed E-state index contributed by atoms with van der Waals surface area (Å²) in [6.45, 7) is 4.53. The third kappa shape index (κ3) is 2.45. The Kier molecular flexibility index (Phi) is 3.94. The van der Waals surface area contributed by atoms with Crippen LogP contribution in [0.3, 0.4) is 0 Å². The SMILES string of the molecule is C#CCn1c(C(C)C)nc(-c2ccc(OC)nc2)c1N. The zero-order valence-electron chi connectivity index (χ0n) is 11.9. The van der Waals surface area contributed by atoms with E-state index >= 15 is 0 Å². The lowest BCUT2D eigenvalue weighted by Crippen LogP contribution is -2.07. The monoisotopic (exact) mass is 270 g/mol. The van der Waals surface area contributed by atoms with Crippen molar-refractivity contribution in [3.63, 3.8) is 0 Å². The fourth-order valence-electron chi connectivity index (χ4n) is 2.04. The fourth-order valence-corrected chi connectivity index (χ4v) is 2.04. The van der Waals surface area contributed by atoms with Crippen molar-refractivity contribution in [1.82, 2.24) is 14.5 Å². The summed E-state index contributed by atoms with van der Waals surface area (Å²) in [5.74, 6) is 4.86. The van der Waals surface area contributed by atoms with E-state index in [0.717, 1.165) is 11.4 Å². The number of pyridine rings is 1. The van der Waals surface area contributed by atoms with Gasteiger partial charge in [-0.3, -0.25) is 0 Å². The van der Waals surface area contributed by atoms with Gasteiger partial charge in [0.15, 0.2) is 0 Å². The maximum atomic E-state index is 6.18. The predicted octanol–water partition coefficient (Wildman–Crippen LogP) is 2.29. The van der Waals surface area contributed by atoms with Crippen molar-refractivity contribution in [3.8, 4) is 29.5 Å². The van der Waals surface area contributed by atoms with Gasteiger partial charge in [-0.15, -0.1) is 6.42 Å². The summed E-state index contributed by atoms with van der Waals surface area (Å²) in [5, 5.41) is 0. The molecule has 0 unspecified atom stereocenters. The Morgan fingerprint density at radius 1 is 1.45 bits per heavy atom. The van der Waals surface area contributed by atoms with Gasteiger partial charge in [0, 0.05) is 23.7 Å². The smallest absolute Gasteiger partial charge is 0.212 e. The molecule has 0 radical (unpaired) electrons. The van der Waals surface area contributed by atoms with Crippen LogP contribution in [0.25, 0.3) is 11.3 Å². The largest absolute Gasteiger partial charge is 0.481 e. The number of nitrogens with zero attached hydrogens (tertiary/aromatic N) is 3. The van der Waals surface area contributed by atoms with Crippen LogP contribution in [-0.4, -0.2) is 21.6 Å². The third-order valence-corrected chi connectivity index (χ3v) is 3.02. The molecule has 0 spiro atoms. The van der Waals surface area contributed by atoms with Crippen molar-refractivity contribution < 1.29 is 4.74 Å². The molecule has 0 saturated heterocycles. The lowest BCUT2D eigenvalue weighted by atomic mass is 10.2. The first-order valence-electron chi connectivity index (χ1n) is 6.38. The van der Waals surface area contributed by atoms with Crippen LogP contribution in [0.4, 0.5) is 5.82 Å². The van der Waals surface area contributed by atoms with Crippen molar-refractivity contribution >= 4 is 5.82 Å². The first kappa shape index (κ1) is 13.9. The van der Waals surface area contributed by atoms with Crippen molar-refractivity contribution in [2.45, 2.75) is 26.3 Å². The Balaban J connectivity index is 2.51. The first-order chi connectivity index (χ1) is 9.58. The standard InChI is InChI=1S/C15H18N4O/c1-5-8-19-14(16)13(18-15(19)10(2)3)11-6-7-12(20-4)17-9-11/h1,6-7,9-10H,8,16H2,2-4H3. The van der Waals surface area contributed by atoms with Crippen LogP contribution in [0.5, 0.6) is 5.88 Å². The van der Waals surface area contributed by atoms with Gasteiger partial charge in [-0.2, -0.15) is 0 Å².